The topological polar surface area (TPSA) is 79.0 Å². The van der Waals surface area contributed by atoms with Gasteiger partial charge in [-0.2, -0.15) is 0 Å². The van der Waals surface area contributed by atoms with E-state index in [9.17, 15) is 14.4 Å². The van der Waals surface area contributed by atoms with Crippen LogP contribution in [-0.4, -0.2) is 46.7 Å². The molecule has 2 aromatic carbocycles. The summed E-state index contributed by atoms with van der Waals surface area (Å²) in [6, 6.07) is 13.4. The standard InChI is InChI=1S/C29H35N3O4/c1-19(2)22-11-13-31(14-12-22)16-20-5-3-6-21(15-20)18-36-26-8-4-7-23-24(26)17-32(29(23)35)25-9-10-27(33)30-28(25)34/h3-8,15,19,22,25H,9-14,16-18H2,1-2H3,(H,30,33,34). The molecule has 1 N–H and O–H groups in total. The van der Waals surface area contributed by atoms with E-state index in [2.05, 4.69) is 48.3 Å². The molecule has 0 radical (unpaired) electrons. The number of hydrogen-bond acceptors (Lipinski definition) is 5. The molecule has 1 unspecified atom stereocenters. The first kappa shape index (κ1) is 24.5. The highest BCUT2D eigenvalue weighted by Gasteiger charge is 2.40. The summed E-state index contributed by atoms with van der Waals surface area (Å²) in [5, 5.41) is 2.35. The van der Waals surface area contributed by atoms with Crippen molar-refractivity contribution in [3.8, 4) is 5.75 Å². The lowest BCUT2D eigenvalue weighted by molar-refractivity contribution is -0.136. The fourth-order valence-corrected chi connectivity index (χ4v) is 5.71. The number of carbonyl (C=O) groups excluding carboxylic acids is 3. The molecule has 0 aromatic heterocycles. The Hall–Kier alpha value is -3.19. The Morgan fingerprint density at radius 2 is 1.75 bits per heavy atom. The molecule has 2 aromatic rings. The second kappa shape index (κ2) is 10.4. The van der Waals surface area contributed by atoms with Crippen LogP contribution >= 0.6 is 0 Å². The quantitative estimate of drug-likeness (QED) is 0.597. The van der Waals surface area contributed by atoms with Crippen molar-refractivity contribution in [2.24, 2.45) is 11.8 Å². The monoisotopic (exact) mass is 489 g/mol. The number of nitrogens with one attached hydrogen (secondary N) is 1. The molecule has 7 heteroatoms. The molecular weight excluding hydrogens is 454 g/mol. The Bertz CT molecular complexity index is 1150. The first-order chi connectivity index (χ1) is 17.4. The Labute approximate surface area is 212 Å². The minimum absolute atomic E-state index is 0.187. The Morgan fingerprint density at radius 1 is 1.00 bits per heavy atom. The molecule has 3 heterocycles. The van der Waals surface area contributed by atoms with Gasteiger partial charge in [0.1, 0.15) is 18.4 Å². The number of imide groups is 1. The van der Waals surface area contributed by atoms with Crippen LogP contribution in [0.25, 0.3) is 0 Å². The van der Waals surface area contributed by atoms with Gasteiger partial charge in [-0.15, -0.1) is 0 Å². The number of fused-ring (bicyclic) bond motifs is 1. The maximum absolute atomic E-state index is 13.0. The van der Waals surface area contributed by atoms with Crippen molar-refractivity contribution in [3.05, 3.63) is 64.7 Å². The third-order valence-corrected chi connectivity index (χ3v) is 7.91. The van der Waals surface area contributed by atoms with E-state index in [4.69, 9.17) is 4.74 Å². The average Bonchev–Trinajstić information content (AvgIpc) is 3.20. The van der Waals surface area contributed by atoms with E-state index in [-0.39, 0.29) is 18.2 Å². The van der Waals surface area contributed by atoms with Crippen LogP contribution < -0.4 is 10.1 Å². The van der Waals surface area contributed by atoms with Gasteiger partial charge in [0.25, 0.3) is 5.91 Å². The van der Waals surface area contributed by atoms with Gasteiger partial charge in [-0.3, -0.25) is 24.6 Å². The number of hydrogen-bond donors (Lipinski definition) is 1. The summed E-state index contributed by atoms with van der Waals surface area (Å²) >= 11 is 0. The number of rotatable bonds is 7. The lowest BCUT2D eigenvalue weighted by Crippen LogP contribution is -2.52. The molecule has 36 heavy (non-hydrogen) atoms. The summed E-state index contributed by atoms with van der Waals surface area (Å²) in [5.41, 5.74) is 3.75. The van der Waals surface area contributed by atoms with Crippen LogP contribution in [0, 0.1) is 11.8 Å². The van der Waals surface area contributed by atoms with Crippen LogP contribution in [0.4, 0.5) is 0 Å². The van der Waals surface area contributed by atoms with E-state index in [0.717, 1.165) is 42.6 Å². The summed E-state index contributed by atoms with van der Waals surface area (Å²) in [5.74, 6) is 1.39. The van der Waals surface area contributed by atoms with E-state index in [1.54, 1.807) is 11.0 Å². The minimum Gasteiger partial charge on any atom is -0.489 e. The molecular formula is C29H35N3O4. The molecule has 190 valence electrons. The Balaban J connectivity index is 1.22. The molecule has 0 spiro atoms. The largest absolute Gasteiger partial charge is 0.489 e. The third-order valence-electron chi connectivity index (χ3n) is 7.91. The van der Waals surface area contributed by atoms with Gasteiger partial charge in [0.15, 0.2) is 0 Å². The van der Waals surface area contributed by atoms with E-state index in [1.165, 1.54) is 18.4 Å². The summed E-state index contributed by atoms with van der Waals surface area (Å²) in [6.45, 7) is 8.63. The first-order valence-electron chi connectivity index (χ1n) is 13.1. The Kier molecular flexibility index (Phi) is 7.10. The normalized spacial score (nSPS) is 21.1. The fraction of sp³-hybridized carbons (Fsp3) is 0.483. The highest BCUT2D eigenvalue weighted by molar-refractivity contribution is 6.05. The van der Waals surface area contributed by atoms with Crippen LogP contribution in [0.5, 0.6) is 5.75 Å². The van der Waals surface area contributed by atoms with Gasteiger partial charge < -0.3 is 9.64 Å². The predicted molar refractivity (Wildman–Crippen MR) is 136 cm³/mol. The number of nitrogens with zero attached hydrogens (tertiary/aromatic N) is 2. The molecule has 0 bridgehead atoms. The van der Waals surface area contributed by atoms with Gasteiger partial charge >= 0.3 is 0 Å². The van der Waals surface area contributed by atoms with Crippen LogP contribution in [0.3, 0.4) is 0 Å². The Morgan fingerprint density at radius 3 is 2.50 bits per heavy atom. The van der Waals surface area contributed by atoms with E-state index in [0.29, 0.717) is 30.9 Å². The zero-order chi connectivity index (χ0) is 25.2. The van der Waals surface area contributed by atoms with Gasteiger partial charge in [0.05, 0.1) is 6.54 Å². The predicted octanol–water partition coefficient (Wildman–Crippen LogP) is 3.89. The van der Waals surface area contributed by atoms with Gasteiger partial charge in [-0.05, 0) is 67.4 Å². The molecule has 1 atom stereocenters. The van der Waals surface area contributed by atoms with E-state index in [1.807, 2.05) is 12.1 Å². The van der Waals surface area contributed by atoms with E-state index >= 15 is 0 Å². The number of amides is 3. The van der Waals surface area contributed by atoms with Crippen molar-refractivity contribution in [2.45, 2.75) is 65.3 Å². The lowest BCUT2D eigenvalue weighted by atomic mass is 9.86. The number of benzene rings is 2. The average molecular weight is 490 g/mol. The van der Waals surface area contributed by atoms with Gasteiger partial charge in [-0.1, -0.05) is 44.2 Å². The minimum atomic E-state index is -0.627. The fourth-order valence-electron chi connectivity index (χ4n) is 5.71. The van der Waals surface area contributed by atoms with Gasteiger partial charge in [0.2, 0.25) is 11.8 Å². The molecule has 2 fully saturated rings. The third kappa shape index (κ3) is 5.16. The number of ether oxygens (including phenoxy) is 1. The van der Waals surface area contributed by atoms with Crippen LogP contribution in [0.15, 0.2) is 42.5 Å². The van der Waals surface area contributed by atoms with Crippen molar-refractivity contribution in [1.29, 1.82) is 0 Å². The highest BCUT2D eigenvalue weighted by Crippen LogP contribution is 2.34. The molecule has 5 rings (SSSR count). The summed E-state index contributed by atoms with van der Waals surface area (Å²) in [6.07, 6.45) is 3.14. The van der Waals surface area contributed by atoms with E-state index < -0.39 is 11.9 Å². The zero-order valence-electron chi connectivity index (χ0n) is 21.2. The molecule has 3 aliphatic rings. The van der Waals surface area contributed by atoms with Crippen LogP contribution in [0.1, 0.15) is 66.6 Å². The molecule has 3 amide bonds. The number of likely N-dealkylation sites (tertiary alicyclic amines) is 1. The van der Waals surface area contributed by atoms with Crippen molar-refractivity contribution < 1.29 is 19.1 Å². The van der Waals surface area contributed by atoms with Crippen molar-refractivity contribution >= 4 is 17.7 Å². The van der Waals surface area contributed by atoms with Crippen LogP contribution in [0.2, 0.25) is 0 Å². The number of piperidine rings is 2. The molecule has 3 aliphatic heterocycles. The molecule has 7 nitrogen and oxygen atoms in total. The highest BCUT2D eigenvalue weighted by atomic mass is 16.5. The van der Waals surface area contributed by atoms with Crippen LogP contribution in [-0.2, 0) is 29.3 Å². The second-order valence-corrected chi connectivity index (χ2v) is 10.6. The number of carbonyl (C=O) groups is 3. The summed E-state index contributed by atoms with van der Waals surface area (Å²) in [7, 11) is 0. The summed E-state index contributed by atoms with van der Waals surface area (Å²) < 4.78 is 6.20. The summed E-state index contributed by atoms with van der Waals surface area (Å²) in [4.78, 5) is 41.0. The second-order valence-electron chi connectivity index (χ2n) is 10.6. The lowest BCUT2D eigenvalue weighted by Gasteiger charge is -2.33. The molecule has 0 saturated carbocycles. The first-order valence-corrected chi connectivity index (χ1v) is 13.1. The van der Waals surface area contributed by atoms with Crippen molar-refractivity contribution in [2.75, 3.05) is 13.1 Å². The molecule has 0 aliphatic carbocycles. The SMILES string of the molecule is CC(C)C1CCN(Cc2cccc(COc3cccc4c3CN(C3CCC(=O)NC3=O)C4=O)c2)CC1. The smallest absolute Gasteiger partial charge is 0.255 e. The van der Waals surface area contributed by atoms with Gasteiger partial charge in [-0.25, -0.2) is 0 Å². The maximum Gasteiger partial charge on any atom is 0.255 e. The molecule has 2 saturated heterocycles. The van der Waals surface area contributed by atoms with Gasteiger partial charge in [0, 0.05) is 24.1 Å². The van der Waals surface area contributed by atoms with Crippen molar-refractivity contribution in [3.63, 3.8) is 0 Å². The van der Waals surface area contributed by atoms with Crippen molar-refractivity contribution in [1.82, 2.24) is 15.1 Å². The zero-order valence-corrected chi connectivity index (χ0v) is 21.2. The maximum atomic E-state index is 13.0.